The van der Waals surface area contributed by atoms with Crippen molar-refractivity contribution in [3.63, 3.8) is 0 Å². The Bertz CT molecular complexity index is 429. The van der Waals surface area contributed by atoms with Gasteiger partial charge in [0.1, 0.15) is 0 Å². The van der Waals surface area contributed by atoms with Gasteiger partial charge in [-0.15, -0.1) is 0 Å². The summed E-state index contributed by atoms with van der Waals surface area (Å²) in [5.41, 5.74) is 2.24. The Kier molecular flexibility index (Phi) is 4.13. The topological polar surface area (TPSA) is 32.3 Å². The Hall–Kier alpha value is -0.860. The van der Waals surface area contributed by atoms with E-state index in [2.05, 4.69) is 36.5 Å². The number of hydrogen-bond acceptors (Lipinski definition) is 2. The Morgan fingerprint density at radius 1 is 1.15 bits per heavy atom. The maximum absolute atomic E-state index is 10.7. The average molecular weight is 273 g/mol. The maximum Gasteiger partial charge on any atom is 0.0771 e. The van der Waals surface area contributed by atoms with Crippen LogP contribution in [0.3, 0.4) is 0 Å². The van der Waals surface area contributed by atoms with E-state index in [-0.39, 0.29) is 0 Å². The van der Waals surface area contributed by atoms with E-state index in [1.165, 1.54) is 43.2 Å². The molecular weight excluding hydrogens is 246 g/mol. The molecule has 0 bridgehead atoms. The van der Waals surface area contributed by atoms with Gasteiger partial charge in [0.2, 0.25) is 0 Å². The SMILES string of the molecule is Cc1ccc(C(NCC2(O)CCCCC2)C2CC2)cc1. The Morgan fingerprint density at radius 2 is 1.80 bits per heavy atom. The minimum atomic E-state index is -0.462. The van der Waals surface area contributed by atoms with E-state index in [0.29, 0.717) is 6.04 Å². The molecule has 0 spiro atoms. The molecule has 1 atom stereocenters. The van der Waals surface area contributed by atoms with Gasteiger partial charge in [0, 0.05) is 12.6 Å². The largest absolute Gasteiger partial charge is 0.389 e. The molecule has 20 heavy (non-hydrogen) atoms. The minimum Gasteiger partial charge on any atom is -0.389 e. The first-order chi connectivity index (χ1) is 9.66. The van der Waals surface area contributed by atoms with Gasteiger partial charge in [0.25, 0.3) is 0 Å². The van der Waals surface area contributed by atoms with Crippen LogP contribution < -0.4 is 5.32 Å². The highest BCUT2D eigenvalue weighted by atomic mass is 16.3. The maximum atomic E-state index is 10.7. The van der Waals surface area contributed by atoms with Crippen molar-refractivity contribution in [1.82, 2.24) is 5.32 Å². The summed E-state index contributed by atoms with van der Waals surface area (Å²) < 4.78 is 0. The van der Waals surface area contributed by atoms with Gasteiger partial charge < -0.3 is 10.4 Å². The van der Waals surface area contributed by atoms with Gasteiger partial charge in [-0.3, -0.25) is 0 Å². The van der Waals surface area contributed by atoms with Gasteiger partial charge in [-0.2, -0.15) is 0 Å². The summed E-state index contributed by atoms with van der Waals surface area (Å²) in [4.78, 5) is 0. The third kappa shape index (κ3) is 3.42. The van der Waals surface area contributed by atoms with Crippen molar-refractivity contribution in [2.45, 2.75) is 63.5 Å². The Balaban J connectivity index is 1.64. The van der Waals surface area contributed by atoms with Crippen LogP contribution in [0.1, 0.15) is 62.1 Å². The fourth-order valence-electron chi connectivity index (χ4n) is 3.45. The van der Waals surface area contributed by atoms with E-state index in [1.54, 1.807) is 0 Å². The summed E-state index contributed by atoms with van der Waals surface area (Å²) in [6, 6.07) is 9.32. The molecule has 0 aromatic heterocycles. The van der Waals surface area contributed by atoms with E-state index in [0.717, 1.165) is 25.3 Å². The second-order valence-electron chi connectivity index (χ2n) is 6.89. The number of aryl methyl sites for hydroxylation is 1. The normalized spacial score (nSPS) is 23.5. The molecule has 2 aliphatic carbocycles. The van der Waals surface area contributed by atoms with Gasteiger partial charge in [-0.1, -0.05) is 49.1 Å². The molecule has 2 aliphatic rings. The molecule has 0 amide bonds. The quantitative estimate of drug-likeness (QED) is 0.856. The van der Waals surface area contributed by atoms with Gasteiger partial charge >= 0.3 is 0 Å². The molecule has 0 radical (unpaired) electrons. The van der Waals surface area contributed by atoms with E-state index in [4.69, 9.17) is 0 Å². The van der Waals surface area contributed by atoms with Crippen LogP contribution in [-0.4, -0.2) is 17.3 Å². The van der Waals surface area contributed by atoms with Crippen molar-refractivity contribution in [2.24, 2.45) is 5.92 Å². The lowest BCUT2D eigenvalue weighted by Crippen LogP contribution is -2.43. The molecule has 2 fully saturated rings. The highest BCUT2D eigenvalue weighted by molar-refractivity contribution is 5.25. The average Bonchev–Trinajstić information content (AvgIpc) is 3.26. The van der Waals surface area contributed by atoms with Crippen molar-refractivity contribution in [1.29, 1.82) is 0 Å². The second-order valence-corrected chi connectivity index (χ2v) is 6.89. The molecule has 2 heteroatoms. The van der Waals surface area contributed by atoms with Crippen molar-refractivity contribution in [2.75, 3.05) is 6.54 Å². The highest BCUT2D eigenvalue weighted by Gasteiger charge is 2.35. The number of hydrogen-bond donors (Lipinski definition) is 2. The fourth-order valence-corrected chi connectivity index (χ4v) is 3.45. The molecule has 2 N–H and O–H groups in total. The van der Waals surface area contributed by atoms with Crippen LogP contribution in [0, 0.1) is 12.8 Å². The van der Waals surface area contributed by atoms with Gasteiger partial charge in [-0.05, 0) is 44.1 Å². The minimum absolute atomic E-state index is 0.432. The van der Waals surface area contributed by atoms with Crippen LogP contribution in [0.25, 0.3) is 0 Å². The molecule has 1 unspecified atom stereocenters. The third-order valence-electron chi connectivity index (χ3n) is 4.97. The smallest absolute Gasteiger partial charge is 0.0771 e. The number of nitrogens with one attached hydrogen (secondary N) is 1. The first-order valence-corrected chi connectivity index (χ1v) is 8.19. The first-order valence-electron chi connectivity index (χ1n) is 8.19. The monoisotopic (exact) mass is 273 g/mol. The van der Waals surface area contributed by atoms with Crippen molar-refractivity contribution in [3.8, 4) is 0 Å². The molecule has 0 aliphatic heterocycles. The van der Waals surface area contributed by atoms with Gasteiger partial charge in [0.05, 0.1) is 5.60 Å². The van der Waals surface area contributed by atoms with Crippen LogP contribution in [0.2, 0.25) is 0 Å². The molecule has 3 rings (SSSR count). The lowest BCUT2D eigenvalue weighted by atomic mass is 9.84. The predicted octanol–water partition coefficient (Wildman–Crippen LogP) is 3.73. The van der Waals surface area contributed by atoms with Crippen LogP contribution in [0.4, 0.5) is 0 Å². The predicted molar refractivity (Wildman–Crippen MR) is 82.7 cm³/mol. The van der Waals surface area contributed by atoms with Crippen molar-refractivity contribution in [3.05, 3.63) is 35.4 Å². The standard InChI is InChI=1S/C18H27NO/c1-14-5-7-15(8-6-14)17(16-9-10-16)19-13-18(20)11-3-2-4-12-18/h5-8,16-17,19-20H,2-4,9-13H2,1H3. The lowest BCUT2D eigenvalue weighted by Gasteiger charge is -2.34. The van der Waals surface area contributed by atoms with E-state index in [9.17, 15) is 5.11 Å². The molecule has 1 aromatic carbocycles. The third-order valence-corrected chi connectivity index (χ3v) is 4.97. The van der Waals surface area contributed by atoms with Crippen LogP contribution >= 0.6 is 0 Å². The summed E-state index contributed by atoms with van der Waals surface area (Å²) in [5, 5.41) is 14.3. The molecule has 2 saturated carbocycles. The summed E-state index contributed by atoms with van der Waals surface area (Å²) in [7, 11) is 0. The fraction of sp³-hybridized carbons (Fsp3) is 0.667. The van der Waals surface area contributed by atoms with Crippen LogP contribution in [0.5, 0.6) is 0 Å². The first kappa shape index (κ1) is 14.1. The highest BCUT2D eigenvalue weighted by Crippen LogP contribution is 2.41. The lowest BCUT2D eigenvalue weighted by molar-refractivity contribution is 0.00201. The molecule has 0 heterocycles. The van der Waals surface area contributed by atoms with E-state index in [1.807, 2.05) is 0 Å². The number of benzene rings is 1. The number of rotatable bonds is 5. The van der Waals surface area contributed by atoms with Crippen molar-refractivity contribution < 1.29 is 5.11 Å². The summed E-state index contributed by atoms with van der Waals surface area (Å²) in [6.07, 6.45) is 8.21. The van der Waals surface area contributed by atoms with Gasteiger partial charge in [-0.25, -0.2) is 0 Å². The van der Waals surface area contributed by atoms with Gasteiger partial charge in [0.15, 0.2) is 0 Å². The second kappa shape index (κ2) is 5.87. The molecule has 1 aromatic rings. The molecule has 110 valence electrons. The zero-order chi connectivity index (χ0) is 14.0. The van der Waals surface area contributed by atoms with Crippen LogP contribution in [-0.2, 0) is 0 Å². The summed E-state index contributed by atoms with van der Waals surface area (Å²) in [6.45, 7) is 2.89. The zero-order valence-electron chi connectivity index (χ0n) is 12.6. The molecule has 0 saturated heterocycles. The summed E-state index contributed by atoms with van der Waals surface area (Å²) in [5.74, 6) is 0.768. The van der Waals surface area contributed by atoms with Crippen LogP contribution in [0.15, 0.2) is 24.3 Å². The Morgan fingerprint density at radius 3 is 2.40 bits per heavy atom. The Labute approximate surface area is 122 Å². The van der Waals surface area contributed by atoms with Crippen molar-refractivity contribution >= 4 is 0 Å². The number of aliphatic hydroxyl groups is 1. The van der Waals surface area contributed by atoms with E-state index >= 15 is 0 Å². The van der Waals surface area contributed by atoms with E-state index < -0.39 is 5.60 Å². The summed E-state index contributed by atoms with van der Waals surface area (Å²) >= 11 is 0. The molecule has 2 nitrogen and oxygen atoms in total. The molecular formula is C18H27NO. The zero-order valence-corrected chi connectivity index (χ0v) is 12.6.